The van der Waals surface area contributed by atoms with Crippen LogP contribution in [0.25, 0.3) is 6.08 Å². The second-order valence-electron chi connectivity index (χ2n) is 8.89. The summed E-state index contributed by atoms with van der Waals surface area (Å²) >= 11 is 0. The SMILES string of the molecule is CC(C)=CCC/C(C)=C/CC/C(C)=C/CC[C@@](C)(O)/C=C\c1cc(O)c(C)cc1O. The Morgan fingerprint density at radius 3 is 2.03 bits per heavy atom. The van der Waals surface area contributed by atoms with Crippen LogP contribution in [0.3, 0.4) is 0 Å². The number of hydrogen-bond acceptors (Lipinski definition) is 3. The summed E-state index contributed by atoms with van der Waals surface area (Å²) in [4.78, 5) is 0. The molecule has 1 aromatic rings. The lowest BCUT2D eigenvalue weighted by atomic mass is 9.96. The quantitative estimate of drug-likeness (QED) is 0.263. The Balaban J connectivity index is 2.49. The van der Waals surface area contributed by atoms with Gasteiger partial charge in [0.1, 0.15) is 11.5 Å². The monoisotopic (exact) mass is 412 g/mol. The lowest BCUT2D eigenvalue weighted by Gasteiger charge is -2.18. The Bertz CT molecular complexity index is 804. The van der Waals surface area contributed by atoms with Gasteiger partial charge in [0, 0.05) is 5.56 Å². The van der Waals surface area contributed by atoms with E-state index in [1.165, 1.54) is 28.9 Å². The summed E-state index contributed by atoms with van der Waals surface area (Å²) in [6, 6.07) is 3.03. The van der Waals surface area contributed by atoms with Crippen molar-refractivity contribution in [2.24, 2.45) is 0 Å². The van der Waals surface area contributed by atoms with E-state index in [0.29, 0.717) is 17.5 Å². The highest BCUT2D eigenvalue weighted by Crippen LogP contribution is 2.28. The van der Waals surface area contributed by atoms with Crippen molar-refractivity contribution in [2.45, 2.75) is 85.7 Å². The van der Waals surface area contributed by atoms with E-state index in [9.17, 15) is 15.3 Å². The number of aromatic hydroxyl groups is 2. The van der Waals surface area contributed by atoms with E-state index in [0.717, 1.165) is 32.1 Å². The zero-order chi connectivity index (χ0) is 22.7. The minimum atomic E-state index is -0.981. The number of benzene rings is 1. The summed E-state index contributed by atoms with van der Waals surface area (Å²) in [5.74, 6) is 0.226. The van der Waals surface area contributed by atoms with E-state index in [-0.39, 0.29) is 11.5 Å². The van der Waals surface area contributed by atoms with Crippen LogP contribution in [-0.4, -0.2) is 20.9 Å². The molecule has 3 heteroatoms. The van der Waals surface area contributed by atoms with E-state index in [1.54, 1.807) is 26.0 Å². The molecule has 1 atom stereocenters. The Kier molecular flexibility index (Phi) is 10.7. The average Bonchev–Trinajstić information content (AvgIpc) is 2.63. The second-order valence-corrected chi connectivity index (χ2v) is 8.89. The third-order valence-corrected chi connectivity index (χ3v) is 5.23. The fourth-order valence-electron chi connectivity index (χ4n) is 3.13. The molecule has 0 aliphatic rings. The molecule has 0 aliphatic carbocycles. The number of aliphatic hydroxyl groups is 1. The van der Waals surface area contributed by atoms with Crippen molar-refractivity contribution in [2.75, 3.05) is 0 Å². The first-order chi connectivity index (χ1) is 14.0. The van der Waals surface area contributed by atoms with Gasteiger partial charge in [-0.3, -0.25) is 0 Å². The molecule has 30 heavy (non-hydrogen) atoms. The molecular weight excluding hydrogens is 372 g/mol. The molecule has 0 aliphatic heterocycles. The number of rotatable bonds is 11. The van der Waals surface area contributed by atoms with Gasteiger partial charge in [0.2, 0.25) is 0 Å². The van der Waals surface area contributed by atoms with E-state index >= 15 is 0 Å². The van der Waals surface area contributed by atoms with Gasteiger partial charge in [-0.1, -0.05) is 47.1 Å². The molecule has 0 spiro atoms. The number of phenolic OH excluding ortho intramolecular Hbond substituents is 2. The second kappa shape index (κ2) is 12.4. The molecule has 0 aromatic heterocycles. The average molecular weight is 413 g/mol. The van der Waals surface area contributed by atoms with Gasteiger partial charge in [0.15, 0.2) is 0 Å². The summed E-state index contributed by atoms with van der Waals surface area (Å²) in [5.41, 5.74) is 4.29. The molecule has 3 N–H and O–H groups in total. The van der Waals surface area contributed by atoms with Crippen molar-refractivity contribution in [1.29, 1.82) is 0 Å². The number of hydrogen-bond donors (Lipinski definition) is 3. The fraction of sp³-hybridized carbons (Fsp3) is 0.481. The molecule has 0 saturated heterocycles. The number of phenols is 2. The Morgan fingerprint density at radius 1 is 0.867 bits per heavy atom. The molecular formula is C27H40O3. The zero-order valence-corrected chi connectivity index (χ0v) is 19.6. The van der Waals surface area contributed by atoms with Crippen LogP contribution >= 0.6 is 0 Å². The highest BCUT2D eigenvalue weighted by atomic mass is 16.3. The third kappa shape index (κ3) is 10.5. The highest BCUT2D eigenvalue weighted by molar-refractivity contribution is 5.61. The summed E-state index contributed by atoms with van der Waals surface area (Å²) in [6.45, 7) is 12.1. The number of aryl methyl sites for hydroxylation is 1. The molecule has 166 valence electrons. The van der Waals surface area contributed by atoms with Gasteiger partial charge in [0.25, 0.3) is 0 Å². The van der Waals surface area contributed by atoms with Crippen molar-refractivity contribution in [3.8, 4) is 11.5 Å². The van der Waals surface area contributed by atoms with E-state index in [4.69, 9.17) is 0 Å². The minimum absolute atomic E-state index is 0.0947. The molecule has 0 radical (unpaired) electrons. The highest BCUT2D eigenvalue weighted by Gasteiger charge is 2.15. The Hall–Kier alpha value is -2.26. The maximum Gasteiger partial charge on any atom is 0.123 e. The maximum atomic E-state index is 10.6. The summed E-state index contributed by atoms with van der Waals surface area (Å²) in [5, 5.41) is 30.4. The van der Waals surface area contributed by atoms with Gasteiger partial charge >= 0.3 is 0 Å². The fourth-order valence-corrected chi connectivity index (χ4v) is 3.13. The molecule has 0 fully saturated rings. The summed E-state index contributed by atoms with van der Waals surface area (Å²) in [7, 11) is 0. The first-order valence-corrected chi connectivity index (χ1v) is 10.9. The molecule has 1 aromatic carbocycles. The van der Waals surface area contributed by atoms with Gasteiger partial charge in [-0.25, -0.2) is 0 Å². The standard InChI is InChI=1S/C27H40O3/c1-20(2)10-7-11-21(3)12-8-13-22(4)14-9-16-27(6,30)17-15-24-19-25(28)23(5)18-26(24)29/h10,12,14-15,17-19,28-30H,7-9,11,13,16H2,1-6H3/b17-15-,21-12+,22-14+/t27-/m1/s1. The predicted molar refractivity (Wildman–Crippen MR) is 129 cm³/mol. The van der Waals surface area contributed by atoms with E-state index in [1.807, 2.05) is 0 Å². The molecule has 0 amide bonds. The first-order valence-electron chi connectivity index (χ1n) is 10.9. The van der Waals surface area contributed by atoms with Crippen LogP contribution in [0.2, 0.25) is 0 Å². The number of allylic oxidation sites excluding steroid dienone is 6. The van der Waals surface area contributed by atoms with Crippen LogP contribution in [-0.2, 0) is 0 Å². The van der Waals surface area contributed by atoms with Crippen molar-refractivity contribution in [3.05, 3.63) is 64.3 Å². The van der Waals surface area contributed by atoms with Crippen molar-refractivity contribution in [1.82, 2.24) is 0 Å². The molecule has 0 bridgehead atoms. The van der Waals surface area contributed by atoms with Gasteiger partial charge in [-0.2, -0.15) is 0 Å². The van der Waals surface area contributed by atoms with Crippen LogP contribution in [0, 0.1) is 6.92 Å². The zero-order valence-electron chi connectivity index (χ0n) is 19.6. The van der Waals surface area contributed by atoms with E-state index < -0.39 is 5.60 Å². The van der Waals surface area contributed by atoms with Crippen LogP contribution in [0.1, 0.15) is 84.3 Å². The molecule has 0 unspecified atom stereocenters. The molecule has 0 heterocycles. The first kappa shape index (κ1) is 25.8. The minimum Gasteiger partial charge on any atom is -0.508 e. The normalized spacial score (nSPS) is 14.8. The van der Waals surface area contributed by atoms with Gasteiger partial charge in [-0.15, -0.1) is 0 Å². The lowest BCUT2D eigenvalue weighted by molar-refractivity contribution is 0.104. The van der Waals surface area contributed by atoms with Gasteiger partial charge < -0.3 is 15.3 Å². The summed E-state index contributed by atoms with van der Waals surface area (Å²) in [6.07, 6.45) is 15.9. The van der Waals surface area contributed by atoms with Crippen LogP contribution in [0.5, 0.6) is 11.5 Å². The Morgan fingerprint density at radius 2 is 1.43 bits per heavy atom. The van der Waals surface area contributed by atoms with E-state index in [2.05, 4.69) is 45.9 Å². The predicted octanol–water partition coefficient (Wildman–Crippen LogP) is 7.37. The van der Waals surface area contributed by atoms with Crippen LogP contribution < -0.4 is 0 Å². The molecule has 1 rings (SSSR count). The summed E-state index contributed by atoms with van der Waals surface area (Å²) < 4.78 is 0. The van der Waals surface area contributed by atoms with Crippen LogP contribution in [0.4, 0.5) is 0 Å². The maximum absolute atomic E-state index is 10.6. The lowest BCUT2D eigenvalue weighted by Crippen LogP contribution is -2.19. The smallest absolute Gasteiger partial charge is 0.123 e. The van der Waals surface area contributed by atoms with Crippen molar-refractivity contribution >= 4 is 6.08 Å². The largest absolute Gasteiger partial charge is 0.508 e. The van der Waals surface area contributed by atoms with Crippen molar-refractivity contribution < 1.29 is 15.3 Å². The Labute approximate surface area is 183 Å². The topological polar surface area (TPSA) is 60.7 Å². The van der Waals surface area contributed by atoms with Crippen LogP contribution in [0.15, 0.2) is 53.2 Å². The van der Waals surface area contributed by atoms with Crippen molar-refractivity contribution in [3.63, 3.8) is 0 Å². The van der Waals surface area contributed by atoms with Gasteiger partial charge in [0.05, 0.1) is 5.60 Å². The van der Waals surface area contributed by atoms with Gasteiger partial charge in [-0.05, 0) is 97.8 Å². The third-order valence-electron chi connectivity index (χ3n) is 5.23. The molecule has 3 nitrogen and oxygen atoms in total. The molecule has 0 saturated carbocycles.